The summed E-state index contributed by atoms with van der Waals surface area (Å²) in [6.07, 6.45) is 4.44. The Morgan fingerprint density at radius 2 is 2.05 bits per heavy atom. The maximum atomic E-state index is 9.67. The summed E-state index contributed by atoms with van der Waals surface area (Å²) in [5.74, 6) is 0.764. The largest absolute Gasteiger partial charge is 0.394 e. The normalized spacial score (nSPS) is 21.9. The van der Waals surface area contributed by atoms with Gasteiger partial charge in [-0.25, -0.2) is 0 Å². The zero-order chi connectivity index (χ0) is 15.0. The lowest BCUT2D eigenvalue weighted by atomic mass is 9.92. The number of aliphatic hydroxyl groups excluding tert-OH is 1. The fourth-order valence-corrected chi connectivity index (χ4v) is 2.94. The first-order valence-electron chi connectivity index (χ1n) is 8.14. The minimum Gasteiger partial charge on any atom is -0.394 e. The summed E-state index contributed by atoms with van der Waals surface area (Å²) in [6.45, 7) is 10.7. The molecule has 0 radical (unpaired) electrons. The van der Waals surface area contributed by atoms with E-state index in [0.29, 0.717) is 6.04 Å². The van der Waals surface area contributed by atoms with Crippen LogP contribution in [0.3, 0.4) is 0 Å². The first-order chi connectivity index (χ1) is 9.50. The fraction of sp³-hybridized carbons (Fsp3) is 1.00. The summed E-state index contributed by atoms with van der Waals surface area (Å²) in [5.41, 5.74) is -0.167. The molecule has 0 aromatic rings. The van der Waals surface area contributed by atoms with Crippen molar-refractivity contribution in [2.24, 2.45) is 5.92 Å². The number of hydrogen-bond acceptors (Lipinski definition) is 4. The second-order valence-electron chi connectivity index (χ2n) is 6.69. The number of nitrogens with one attached hydrogen (secondary N) is 1. The molecule has 2 atom stereocenters. The molecule has 1 aliphatic rings. The Morgan fingerprint density at radius 1 is 1.40 bits per heavy atom. The van der Waals surface area contributed by atoms with Crippen molar-refractivity contribution in [3.8, 4) is 0 Å². The number of nitrogens with zero attached hydrogens (tertiary/aromatic N) is 1. The molecule has 20 heavy (non-hydrogen) atoms. The van der Waals surface area contributed by atoms with Crippen molar-refractivity contribution in [1.82, 2.24) is 10.2 Å². The van der Waals surface area contributed by atoms with Crippen LogP contribution in [0.15, 0.2) is 0 Å². The molecule has 0 aromatic carbocycles. The van der Waals surface area contributed by atoms with Crippen LogP contribution in [-0.4, -0.2) is 61.5 Å². The first kappa shape index (κ1) is 17.9. The number of aliphatic hydroxyl groups is 1. The second kappa shape index (κ2) is 8.98. The van der Waals surface area contributed by atoms with Crippen LogP contribution in [0, 0.1) is 5.92 Å². The standard InChI is InChI=1S/C16H34N2O2/c1-5-8-17-16(3,13-19)11-14(2)18(4)12-15-6-9-20-10-7-15/h14-15,17,19H,5-13H2,1-4H3. The van der Waals surface area contributed by atoms with E-state index >= 15 is 0 Å². The Kier molecular flexibility index (Phi) is 8.03. The van der Waals surface area contributed by atoms with Crippen LogP contribution in [0.2, 0.25) is 0 Å². The van der Waals surface area contributed by atoms with Crippen molar-refractivity contribution < 1.29 is 9.84 Å². The zero-order valence-corrected chi connectivity index (χ0v) is 13.8. The maximum Gasteiger partial charge on any atom is 0.0611 e. The van der Waals surface area contributed by atoms with Crippen molar-refractivity contribution in [1.29, 1.82) is 0 Å². The Morgan fingerprint density at radius 3 is 2.60 bits per heavy atom. The van der Waals surface area contributed by atoms with Crippen LogP contribution in [0.25, 0.3) is 0 Å². The topological polar surface area (TPSA) is 44.7 Å². The van der Waals surface area contributed by atoms with Gasteiger partial charge < -0.3 is 20.1 Å². The van der Waals surface area contributed by atoms with E-state index < -0.39 is 0 Å². The van der Waals surface area contributed by atoms with E-state index in [1.165, 1.54) is 12.8 Å². The van der Waals surface area contributed by atoms with Crippen molar-refractivity contribution >= 4 is 0 Å². The molecule has 1 aliphatic heterocycles. The Balaban J connectivity index is 2.39. The minimum atomic E-state index is -0.167. The summed E-state index contributed by atoms with van der Waals surface area (Å²) in [5, 5.41) is 13.2. The van der Waals surface area contributed by atoms with E-state index in [2.05, 4.69) is 38.0 Å². The van der Waals surface area contributed by atoms with Crippen LogP contribution in [0.4, 0.5) is 0 Å². The highest BCUT2D eigenvalue weighted by Gasteiger charge is 2.27. The molecule has 120 valence electrons. The Labute approximate surface area is 124 Å². The third kappa shape index (κ3) is 6.08. The molecule has 4 heteroatoms. The molecule has 1 saturated heterocycles. The van der Waals surface area contributed by atoms with Gasteiger partial charge in [0, 0.05) is 31.3 Å². The van der Waals surface area contributed by atoms with Crippen molar-refractivity contribution in [2.75, 3.05) is 40.0 Å². The van der Waals surface area contributed by atoms with E-state index in [4.69, 9.17) is 4.74 Å². The Bertz CT molecular complexity index is 257. The average molecular weight is 286 g/mol. The molecule has 0 amide bonds. The summed E-state index contributed by atoms with van der Waals surface area (Å²) < 4.78 is 5.42. The van der Waals surface area contributed by atoms with Gasteiger partial charge in [0.15, 0.2) is 0 Å². The predicted octanol–water partition coefficient (Wildman–Crippen LogP) is 1.87. The monoisotopic (exact) mass is 286 g/mol. The van der Waals surface area contributed by atoms with Gasteiger partial charge in [-0.2, -0.15) is 0 Å². The molecule has 0 spiro atoms. The molecule has 0 bridgehead atoms. The lowest BCUT2D eigenvalue weighted by molar-refractivity contribution is 0.0467. The third-order valence-corrected chi connectivity index (χ3v) is 4.54. The quantitative estimate of drug-likeness (QED) is 0.679. The first-order valence-corrected chi connectivity index (χ1v) is 8.14. The minimum absolute atomic E-state index is 0.167. The molecular weight excluding hydrogens is 252 g/mol. The van der Waals surface area contributed by atoms with Gasteiger partial charge in [0.1, 0.15) is 0 Å². The highest BCUT2D eigenvalue weighted by atomic mass is 16.5. The van der Waals surface area contributed by atoms with Gasteiger partial charge in [-0.1, -0.05) is 6.92 Å². The molecular formula is C16H34N2O2. The highest BCUT2D eigenvalue weighted by molar-refractivity contribution is 4.87. The second-order valence-corrected chi connectivity index (χ2v) is 6.69. The van der Waals surface area contributed by atoms with Crippen LogP contribution < -0.4 is 5.32 Å². The van der Waals surface area contributed by atoms with Crippen molar-refractivity contribution in [3.05, 3.63) is 0 Å². The van der Waals surface area contributed by atoms with Crippen LogP contribution in [0.1, 0.15) is 46.5 Å². The van der Waals surface area contributed by atoms with Gasteiger partial charge in [0.2, 0.25) is 0 Å². The smallest absolute Gasteiger partial charge is 0.0611 e. The Hall–Kier alpha value is -0.160. The molecule has 2 N–H and O–H groups in total. The van der Waals surface area contributed by atoms with E-state index in [1.54, 1.807) is 0 Å². The van der Waals surface area contributed by atoms with E-state index in [-0.39, 0.29) is 12.1 Å². The lowest BCUT2D eigenvalue weighted by Gasteiger charge is -2.37. The van der Waals surface area contributed by atoms with Gasteiger partial charge in [0.05, 0.1) is 6.61 Å². The van der Waals surface area contributed by atoms with Gasteiger partial charge >= 0.3 is 0 Å². The van der Waals surface area contributed by atoms with E-state index in [9.17, 15) is 5.11 Å². The van der Waals surface area contributed by atoms with Crippen LogP contribution in [-0.2, 0) is 4.74 Å². The van der Waals surface area contributed by atoms with E-state index in [0.717, 1.165) is 45.1 Å². The lowest BCUT2D eigenvalue weighted by Crippen LogP contribution is -2.50. The molecule has 1 fully saturated rings. The van der Waals surface area contributed by atoms with Gasteiger partial charge in [0.25, 0.3) is 0 Å². The third-order valence-electron chi connectivity index (χ3n) is 4.54. The number of rotatable bonds is 9. The summed E-state index contributed by atoms with van der Waals surface area (Å²) >= 11 is 0. The molecule has 2 unspecified atom stereocenters. The van der Waals surface area contributed by atoms with Crippen molar-refractivity contribution in [2.45, 2.75) is 58.0 Å². The van der Waals surface area contributed by atoms with Crippen LogP contribution in [0.5, 0.6) is 0 Å². The predicted molar refractivity (Wildman–Crippen MR) is 84.0 cm³/mol. The summed E-state index contributed by atoms with van der Waals surface area (Å²) in [7, 11) is 2.21. The number of ether oxygens (including phenoxy) is 1. The van der Waals surface area contributed by atoms with Gasteiger partial charge in [-0.15, -0.1) is 0 Å². The summed E-state index contributed by atoms with van der Waals surface area (Å²) in [4.78, 5) is 2.44. The highest BCUT2D eigenvalue weighted by Crippen LogP contribution is 2.20. The molecule has 0 aliphatic carbocycles. The molecule has 0 saturated carbocycles. The fourth-order valence-electron chi connectivity index (χ4n) is 2.94. The molecule has 4 nitrogen and oxygen atoms in total. The van der Waals surface area contributed by atoms with E-state index in [1.807, 2.05) is 0 Å². The van der Waals surface area contributed by atoms with Gasteiger partial charge in [-0.05, 0) is 59.0 Å². The number of hydrogen-bond donors (Lipinski definition) is 2. The van der Waals surface area contributed by atoms with Crippen LogP contribution >= 0.6 is 0 Å². The average Bonchev–Trinajstić information content (AvgIpc) is 2.46. The zero-order valence-electron chi connectivity index (χ0n) is 13.8. The van der Waals surface area contributed by atoms with Crippen molar-refractivity contribution in [3.63, 3.8) is 0 Å². The molecule has 0 aromatic heterocycles. The molecule has 1 rings (SSSR count). The van der Waals surface area contributed by atoms with Gasteiger partial charge in [-0.3, -0.25) is 0 Å². The summed E-state index contributed by atoms with van der Waals surface area (Å²) in [6, 6.07) is 0.472. The maximum absolute atomic E-state index is 9.67. The molecule has 1 heterocycles. The SMILES string of the molecule is CCCNC(C)(CO)CC(C)N(C)CC1CCOCC1.